The highest BCUT2D eigenvalue weighted by molar-refractivity contribution is 5.77. The van der Waals surface area contributed by atoms with E-state index in [1.54, 1.807) is 0 Å². The van der Waals surface area contributed by atoms with Gasteiger partial charge in [-0.25, -0.2) is 0 Å². The first-order chi connectivity index (χ1) is 6.77. The quantitative estimate of drug-likeness (QED) is 0.650. The Hall–Kier alpha value is -0.330. The maximum Gasteiger partial charge on any atom is 0.132 e. The van der Waals surface area contributed by atoms with Crippen LogP contribution in [0.3, 0.4) is 0 Å². The van der Waals surface area contributed by atoms with Gasteiger partial charge >= 0.3 is 0 Å². The average Bonchev–Trinajstić information content (AvgIpc) is 2.26. The minimum absolute atomic E-state index is 0.449. The van der Waals surface area contributed by atoms with Gasteiger partial charge in [-0.2, -0.15) is 0 Å². The Balaban J connectivity index is 2.29. The molecule has 0 radical (unpaired) electrons. The van der Waals surface area contributed by atoms with Gasteiger partial charge in [0, 0.05) is 12.8 Å². The van der Waals surface area contributed by atoms with Crippen LogP contribution in [0.25, 0.3) is 0 Å². The van der Waals surface area contributed by atoms with Crippen molar-refractivity contribution in [3.05, 3.63) is 0 Å². The summed E-state index contributed by atoms with van der Waals surface area (Å²) in [6.45, 7) is 4.27. The number of hydrogen-bond acceptors (Lipinski definition) is 1. The van der Waals surface area contributed by atoms with Crippen molar-refractivity contribution in [3.8, 4) is 0 Å². The van der Waals surface area contributed by atoms with Gasteiger partial charge in [0.1, 0.15) is 5.78 Å². The molecule has 0 aromatic heterocycles. The van der Waals surface area contributed by atoms with Crippen molar-refractivity contribution in [2.75, 3.05) is 0 Å². The monoisotopic (exact) mass is 196 g/mol. The van der Waals surface area contributed by atoms with E-state index >= 15 is 0 Å². The summed E-state index contributed by atoms with van der Waals surface area (Å²) in [4.78, 5) is 11.2. The van der Waals surface area contributed by atoms with Gasteiger partial charge < -0.3 is 0 Å². The Morgan fingerprint density at radius 2 is 1.79 bits per heavy atom. The Morgan fingerprint density at radius 1 is 1.14 bits per heavy atom. The van der Waals surface area contributed by atoms with Crippen molar-refractivity contribution in [2.45, 2.75) is 65.2 Å². The lowest BCUT2D eigenvalue weighted by molar-refractivity contribution is -0.119. The minimum Gasteiger partial charge on any atom is -0.300 e. The molecule has 0 saturated heterocycles. The van der Waals surface area contributed by atoms with Crippen molar-refractivity contribution in [1.82, 2.24) is 0 Å². The van der Waals surface area contributed by atoms with Gasteiger partial charge in [-0.1, -0.05) is 46.0 Å². The molecule has 1 fully saturated rings. The number of rotatable bonds is 5. The van der Waals surface area contributed by atoms with Crippen LogP contribution < -0.4 is 0 Å². The topological polar surface area (TPSA) is 17.1 Å². The van der Waals surface area contributed by atoms with Crippen molar-refractivity contribution >= 4 is 5.78 Å². The fourth-order valence-electron chi connectivity index (χ4n) is 2.73. The van der Waals surface area contributed by atoms with Crippen molar-refractivity contribution in [3.63, 3.8) is 0 Å². The Bertz CT molecular complexity index is 174. The van der Waals surface area contributed by atoms with Crippen LogP contribution in [0.15, 0.2) is 0 Å². The molecule has 1 nitrogen and oxygen atoms in total. The molecule has 0 aromatic rings. The van der Waals surface area contributed by atoms with Crippen LogP contribution in [-0.2, 0) is 4.79 Å². The van der Waals surface area contributed by atoms with Gasteiger partial charge in [0.05, 0.1) is 0 Å². The summed E-state index contributed by atoms with van der Waals surface area (Å²) in [5.41, 5.74) is 0. The zero-order valence-electron chi connectivity index (χ0n) is 9.72. The largest absolute Gasteiger partial charge is 0.300 e. The third-order valence-corrected chi connectivity index (χ3v) is 3.78. The smallest absolute Gasteiger partial charge is 0.132 e. The summed E-state index contributed by atoms with van der Waals surface area (Å²) in [6, 6.07) is 0. The highest BCUT2D eigenvalue weighted by Gasteiger charge is 2.23. The lowest BCUT2D eigenvalue weighted by Gasteiger charge is -2.30. The van der Waals surface area contributed by atoms with E-state index in [2.05, 4.69) is 6.92 Å². The first-order valence-electron chi connectivity index (χ1n) is 6.29. The van der Waals surface area contributed by atoms with Gasteiger partial charge in [0.15, 0.2) is 0 Å². The van der Waals surface area contributed by atoms with E-state index in [-0.39, 0.29) is 0 Å². The van der Waals surface area contributed by atoms with Crippen LogP contribution in [0.2, 0.25) is 0 Å². The molecule has 0 spiro atoms. The SMILES string of the molecule is CCC(=O)CCC1CCCCC1CC. The predicted octanol–water partition coefficient (Wildman–Crippen LogP) is 3.96. The van der Waals surface area contributed by atoms with E-state index < -0.39 is 0 Å². The standard InChI is InChI=1S/C13H24O/c1-3-11-7-5-6-8-12(11)9-10-13(14)4-2/h11-12H,3-10H2,1-2H3. The van der Waals surface area contributed by atoms with E-state index in [0.29, 0.717) is 5.78 Å². The highest BCUT2D eigenvalue weighted by atomic mass is 16.1. The zero-order valence-corrected chi connectivity index (χ0v) is 9.72. The van der Waals surface area contributed by atoms with Gasteiger partial charge in [-0.05, 0) is 18.3 Å². The first-order valence-corrected chi connectivity index (χ1v) is 6.29. The maximum atomic E-state index is 11.2. The molecule has 0 bridgehead atoms. The third-order valence-electron chi connectivity index (χ3n) is 3.78. The van der Waals surface area contributed by atoms with Crippen molar-refractivity contribution < 1.29 is 4.79 Å². The number of Topliss-reactive ketones (excluding diaryl/α,β-unsaturated/α-hetero) is 1. The molecule has 1 aliphatic rings. The van der Waals surface area contributed by atoms with Crippen LogP contribution in [0.4, 0.5) is 0 Å². The summed E-state index contributed by atoms with van der Waals surface area (Å²) >= 11 is 0. The lowest BCUT2D eigenvalue weighted by Crippen LogP contribution is -2.19. The number of carbonyl (C=O) groups is 1. The summed E-state index contributed by atoms with van der Waals surface area (Å²) in [6.07, 6.45) is 9.60. The second-order valence-corrected chi connectivity index (χ2v) is 4.64. The molecule has 2 unspecified atom stereocenters. The minimum atomic E-state index is 0.449. The van der Waals surface area contributed by atoms with Crippen LogP contribution in [0.1, 0.15) is 65.2 Å². The highest BCUT2D eigenvalue weighted by Crippen LogP contribution is 2.35. The molecule has 1 rings (SSSR count). The van der Waals surface area contributed by atoms with Crippen LogP contribution in [0, 0.1) is 11.8 Å². The molecule has 0 amide bonds. The fourth-order valence-corrected chi connectivity index (χ4v) is 2.73. The predicted molar refractivity (Wildman–Crippen MR) is 60.3 cm³/mol. The number of carbonyl (C=O) groups excluding carboxylic acids is 1. The van der Waals surface area contributed by atoms with E-state index in [4.69, 9.17) is 0 Å². The molecule has 0 N–H and O–H groups in total. The van der Waals surface area contributed by atoms with E-state index in [9.17, 15) is 4.79 Å². The zero-order chi connectivity index (χ0) is 10.4. The molecule has 14 heavy (non-hydrogen) atoms. The van der Waals surface area contributed by atoms with Crippen molar-refractivity contribution in [1.29, 1.82) is 0 Å². The van der Waals surface area contributed by atoms with Crippen LogP contribution in [-0.4, -0.2) is 5.78 Å². The summed E-state index contributed by atoms with van der Waals surface area (Å²) in [5, 5.41) is 0. The Morgan fingerprint density at radius 3 is 2.36 bits per heavy atom. The number of hydrogen-bond donors (Lipinski definition) is 0. The Kier molecular flexibility index (Phi) is 5.21. The van der Waals surface area contributed by atoms with E-state index in [0.717, 1.165) is 31.1 Å². The second kappa shape index (κ2) is 6.21. The van der Waals surface area contributed by atoms with Crippen molar-refractivity contribution in [2.24, 2.45) is 11.8 Å². The molecule has 1 heteroatoms. The van der Waals surface area contributed by atoms with E-state index in [1.807, 2.05) is 6.92 Å². The summed E-state index contributed by atoms with van der Waals surface area (Å²) < 4.78 is 0. The first kappa shape index (κ1) is 11.7. The molecular formula is C13H24O. The number of ketones is 1. The van der Waals surface area contributed by atoms with Gasteiger partial charge in [-0.3, -0.25) is 4.79 Å². The molecule has 0 aromatic carbocycles. The molecule has 2 atom stereocenters. The lowest BCUT2D eigenvalue weighted by atomic mass is 9.75. The molecular weight excluding hydrogens is 172 g/mol. The van der Waals surface area contributed by atoms with Gasteiger partial charge in [-0.15, -0.1) is 0 Å². The van der Waals surface area contributed by atoms with Gasteiger partial charge in [0.2, 0.25) is 0 Å². The van der Waals surface area contributed by atoms with Crippen LogP contribution >= 0.6 is 0 Å². The summed E-state index contributed by atoms with van der Waals surface area (Å²) in [5.74, 6) is 2.21. The normalized spacial score (nSPS) is 27.6. The van der Waals surface area contributed by atoms with Gasteiger partial charge in [0.25, 0.3) is 0 Å². The maximum absolute atomic E-state index is 11.2. The molecule has 1 aliphatic carbocycles. The van der Waals surface area contributed by atoms with Crippen LogP contribution in [0.5, 0.6) is 0 Å². The summed E-state index contributed by atoms with van der Waals surface area (Å²) in [7, 11) is 0. The molecule has 1 saturated carbocycles. The van der Waals surface area contributed by atoms with E-state index in [1.165, 1.54) is 32.1 Å². The molecule has 0 heterocycles. The average molecular weight is 196 g/mol. The fraction of sp³-hybridized carbons (Fsp3) is 0.923. The Labute approximate surface area is 88.3 Å². The molecule has 0 aliphatic heterocycles. The second-order valence-electron chi connectivity index (χ2n) is 4.64. The third kappa shape index (κ3) is 3.43. The molecule has 82 valence electrons.